The normalized spacial score (nSPS) is 12.3. The number of aryl methyl sites for hydroxylation is 2. The summed E-state index contributed by atoms with van der Waals surface area (Å²) in [5.41, 5.74) is 3.90. The van der Waals surface area contributed by atoms with Gasteiger partial charge in [0.25, 0.3) is 0 Å². The van der Waals surface area contributed by atoms with Gasteiger partial charge in [-0.2, -0.15) is 0 Å². The van der Waals surface area contributed by atoms with E-state index in [-0.39, 0.29) is 6.10 Å². The molecule has 0 amide bonds. The van der Waals surface area contributed by atoms with Gasteiger partial charge in [0.2, 0.25) is 5.75 Å². The molecule has 5 heteroatoms. The maximum absolute atomic E-state index is 10.3. The minimum atomic E-state index is -0.120. The zero-order chi connectivity index (χ0) is 35.8. The Morgan fingerprint density at radius 3 is 1.38 bits per heavy atom. The van der Waals surface area contributed by atoms with E-state index in [1.165, 1.54) is 140 Å². The first-order chi connectivity index (χ1) is 24.6. The number of ether oxygens (including phenoxy) is 3. The summed E-state index contributed by atoms with van der Waals surface area (Å²) in [6, 6.07) is 6.67. The second kappa shape index (κ2) is 25.5. The van der Waals surface area contributed by atoms with Gasteiger partial charge in [0.15, 0.2) is 22.7 Å². The van der Waals surface area contributed by atoms with E-state index in [0.717, 1.165) is 78.4 Å². The average Bonchev–Trinajstić information content (AvgIpc) is 3.50. The van der Waals surface area contributed by atoms with Crippen LogP contribution >= 0.6 is 0 Å². The molecule has 0 bridgehead atoms. The molecule has 0 fully saturated rings. The first-order valence-corrected chi connectivity index (χ1v) is 20.9. The topological polar surface area (TPSA) is 61.1 Å². The van der Waals surface area contributed by atoms with Gasteiger partial charge in [0.1, 0.15) is 0 Å². The lowest BCUT2D eigenvalue weighted by atomic mass is 9.99. The number of benzene rings is 2. The van der Waals surface area contributed by atoms with Gasteiger partial charge in [-0.05, 0) is 61.8 Å². The van der Waals surface area contributed by atoms with Crippen LogP contribution < -0.4 is 14.2 Å². The molecule has 0 saturated carbocycles. The van der Waals surface area contributed by atoms with Crippen molar-refractivity contribution in [2.24, 2.45) is 0 Å². The molecule has 0 radical (unpaired) electrons. The second-order valence-electron chi connectivity index (χ2n) is 14.9. The van der Waals surface area contributed by atoms with E-state index < -0.39 is 0 Å². The van der Waals surface area contributed by atoms with Crippen LogP contribution in [0.3, 0.4) is 0 Å². The van der Waals surface area contributed by atoms with E-state index in [1.54, 1.807) is 21.3 Å². The molecule has 1 unspecified atom stereocenters. The number of unbranched alkanes of at least 4 members (excludes halogenated alkanes) is 20. The standard InChI is InChI=1S/C45H74O5/c1-6-8-10-12-13-14-15-16-17-18-19-22-26-30-37-35-40-39-34-33-36(41(47-3)43(39)50-44(40)45(49-5)42(37)48-4)29-25-23-20-24-28-32-38(46)31-27-21-11-9-7-2/h33-35,38,46H,6-32H2,1-5H3. The number of hydrogen-bond acceptors (Lipinski definition) is 5. The number of furan rings is 1. The smallest absolute Gasteiger partial charge is 0.204 e. The second-order valence-corrected chi connectivity index (χ2v) is 14.9. The highest BCUT2D eigenvalue weighted by molar-refractivity contribution is 6.10. The van der Waals surface area contributed by atoms with Gasteiger partial charge in [0.05, 0.1) is 27.4 Å². The van der Waals surface area contributed by atoms with Crippen LogP contribution in [0.1, 0.15) is 185 Å². The van der Waals surface area contributed by atoms with Crippen molar-refractivity contribution in [1.82, 2.24) is 0 Å². The molecule has 3 aromatic rings. The minimum absolute atomic E-state index is 0.120. The zero-order valence-corrected chi connectivity index (χ0v) is 33.0. The highest BCUT2D eigenvalue weighted by Gasteiger charge is 2.23. The molecule has 0 aliphatic rings. The third-order valence-corrected chi connectivity index (χ3v) is 10.7. The SMILES string of the molecule is CCCCCCCCCCCCCCCc1cc2c(oc3c(OC)c(CCCCCCCC(O)CCCCCCC)ccc32)c(OC)c1OC. The molecule has 1 heterocycles. The molecule has 0 aliphatic carbocycles. The molecule has 5 nitrogen and oxygen atoms in total. The lowest BCUT2D eigenvalue weighted by Crippen LogP contribution is -2.05. The van der Waals surface area contributed by atoms with Crippen LogP contribution in [0.4, 0.5) is 0 Å². The fourth-order valence-electron chi connectivity index (χ4n) is 7.70. The summed E-state index contributed by atoms with van der Waals surface area (Å²) in [6.07, 6.45) is 33.4. The monoisotopic (exact) mass is 695 g/mol. The van der Waals surface area contributed by atoms with Crippen LogP contribution in [0.2, 0.25) is 0 Å². The molecule has 2 aromatic carbocycles. The molecule has 3 rings (SSSR count). The predicted octanol–water partition coefficient (Wildman–Crippen LogP) is 13.8. The Hall–Kier alpha value is -2.40. The first-order valence-electron chi connectivity index (χ1n) is 20.9. The van der Waals surface area contributed by atoms with Crippen molar-refractivity contribution in [3.05, 3.63) is 29.3 Å². The fourth-order valence-corrected chi connectivity index (χ4v) is 7.70. The number of fused-ring (bicyclic) bond motifs is 3. The molecule has 0 aliphatic heterocycles. The van der Waals surface area contributed by atoms with Crippen molar-refractivity contribution in [2.75, 3.05) is 21.3 Å². The summed E-state index contributed by atoms with van der Waals surface area (Å²) in [5.74, 6) is 2.30. The van der Waals surface area contributed by atoms with Crippen LogP contribution in [0, 0.1) is 0 Å². The van der Waals surface area contributed by atoms with E-state index in [0.29, 0.717) is 5.75 Å². The Morgan fingerprint density at radius 2 is 0.900 bits per heavy atom. The van der Waals surface area contributed by atoms with Gasteiger partial charge in [-0.15, -0.1) is 0 Å². The van der Waals surface area contributed by atoms with Crippen molar-refractivity contribution < 1.29 is 23.7 Å². The molecule has 0 spiro atoms. The van der Waals surface area contributed by atoms with Gasteiger partial charge in [-0.3, -0.25) is 0 Å². The number of rotatable bonds is 31. The van der Waals surface area contributed by atoms with Gasteiger partial charge in [-0.25, -0.2) is 0 Å². The summed E-state index contributed by atoms with van der Waals surface area (Å²) < 4.78 is 24.4. The van der Waals surface area contributed by atoms with Gasteiger partial charge in [0, 0.05) is 10.8 Å². The third kappa shape index (κ3) is 14.0. The van der Waals surface area contributed by atoms with Gasteiger partial charge < -0.3 is 23.7 Å². The van der Waals surface area contributed by atoms with Crippen LogP contribution in [0.25, 0.3) is 21.9 Å². The number of methoxy groups -OCH3 is 3. The summed E-state index contributed by atoms with van der Waals surface area (Å²) >= 11 is 0. The van der Waals surface area contributed by atoms with Crippen molar-refractivity contribution in [2.45, 2.75) is 193 Å². The van der Waals surface area contributed by atoms with E-state index in [4.69, 9.17) is 18.6 Å². The highest BCUT2D eigenvalue weighted by Crippen LogP contribution is 2.46. The average molecular weight is 695 g/mol. The number of aliphatic hydroxyl groups excluding tert-OH is 1. The number of hydrogen-bond donors (Lipinski definition) is 1. The van der Waals surface area contributed by atoms with Crippen LogP contribution in [-0.4, -0.2) is 32.5 Å². The molecular formula is C45H74O5. The summed E-state index contributed by atoms with van der Waals surface area (Å²) in [4.78, 5) is 0. The fraction of sp³-hybridized carbons (Fsp3) is 0.733. The predicted molar refractivity (Wildman–Crippen MR) is 214 cm³/mol. The van der Waals surface area contributed by atoms with Crippen LogP contribution in [0.15, 0.2) is 22.6 Å². The first kappa shape index (κ1) is 42.0. The Bertz CT molecular complexity index is 1310. The Morgan fingerprint density at radius 1 is 0.480 bits per heavy atom. The summed E-state index contributed by atoms with van der Waals surface area (Å²) in [5, 5.41) is 12.4. The number of aliphatic hydroxyl groups is 1. The van der Waals surface area contributed by atoms with E-state index in [2.05, 4.69) is 32.0 Å². The van der Waals surface area contributed by atoms with E-state index in [9.17, 15) is 5.11 Å². The third-order valence-electron chi connectivity index (χ3n) is 10.7. The van der Waals surface area contributed by atoms with Gasteiger partial charge in [-0.1, -0.05) is 155 Å². The molecule has 1 N–H and O–H groups in total. The van der Waals surface area contributed by atoms with Crippen LogP contribution in [0.5, 0.6) is 17.2 Å². The molecular weight excluding hydrogens is 620 g/mol. The molecule has 50 heavy (non-hydrogen) atoms. The van der Waals surface area contributed by atoms with Gasteiger partial charge >= 0.3 is 0 Å². The summed E-state index contributed by atoms with van der Waals surface area (Å²) in [6.45, 7) is 4.53. The maximum atomic E-state index is 10.3. The van der Waals surface area contributed by atoms with Crippen molar-refractivity contribution in [1.29, 1.82) is 0 Å². The Balaban J connectivity index is 1.49. The molecule has 1 atom stereocenters. The molecule has 1 aromatic heterocycles. The lowest BCUT2D eigenvalue weighted by molar-refractivity contribution is 0.147. The van der Waals surface area contributed by atoms with E-state index in [1.807, 2.05) is 0 Å². The lowest BCUT2D eigenvalue weighted by Gasteiger charge is -2.13. The molecule has 284 valence electrons. The van der Waals surface area contributed by atoms with E-state index >= 15 is 0 Å². The van der Waals surface area contributed by atoms with Crippen molar-refractivity contribution >= 4 is 21.9 Å². The highest BCUT2D eigenvalue weighted by atomic mass is 16.5. The zero-order valence-electron chi connectivity index (χ0n) is 33.0. The Kier molecular flexibility index (Phi) is 21.5. The van der Waals surface area contributed by atoms with Crippen LogP contribution in [-0.2, 0) is 12.8 Å². The largest absolute Gasteiger partial charge is 0.493 e. The summed E-state index contributed by atoms with van der Waals surface area (Å²) in [7, 11) is 5.19. The maximum Gasteiger partial charge on any atom is 0.204 e. The quantitative estimate of drug-likeness (QED) is 0.0679. The molecule has 0 saturated heterocycles. The minimum Gasteiger partial charge on any atom is -0.493 e. The van der Waals surface area contributed by atoms with Crippen molar-refractivity contribution in [3.63, 3.8) is 0 Å². The van der Waals surface area contributed by atoms with Crippen molar-refractivity contribution in [3.8, 4) is 17.2 Å². The Labute approximate surface area is 306 Å².